The lowest BCUT2D eigenvalue weighted by Crippen LogP contribution is -2.49. The molecule has 0 amide bonds. The van der Waals surface area contributed by atoms with E-state index < -0.39 is 40.3 Å². The first-order valence-electron chi connectivity index (χ1n) is 13.0. The van der Waals surface area contributed by atoms with E-state index in [-0.39, 0.29) is 28.7 Å². The summed E-state index contributed by atoms with van der Waals surface area (Å²) in [4.78, 5) is 16.8. The number of carbonyl (C=O) groups is 1. The van der Waals surface area contributed by atoms with Crippen LogP contribution in [0.25, 0.3) is 0 Å². The molecule has 2 atom stereocenters. The van der Waals surface area contributed by atoms with Gasteiger partial charge in [-0.05, 0) is 75.4 Å². The molecular weight excluding hydrogens is 582 g/mol. The molecular formula is C29H30ClN5O6S. The highest BCUT2D eigenvalue weighted by Crippen LogP contribution is 2.43. The Labute approximate surface area is 249 Å². The second-order valence-electron chi connectivity index (χ2n) is 9.79. The van der Waals surface area contributed by atoms with Crippen LogP contribution in [0.5, 0.6) is 5.75 Å². The average molecular weight is 612 g/mol. The van der Waals surface area contributed by atoms with Crippen molar-refractivity contribution in [2.75, 3.05) is 22.8 Å². The minimum absolute atomic E-state index is 0.00834. The molecule has 3 aromatic carbocycles. The molecule has 0 unspecified atom stereocenters. The zero-order valence-corrected chi connectivity index (χ0v) is 24.7. The van der Waals surface area contributed by atoms with Crippen LogP contribution in [0.15, 0.2) is 82.7 Å². The predicted octanol–water partition coefficient (Wildman–Crippen LogP) is 4.21. The molecule has 3 aromatic rings. The zero-order valence-electron chi connectivity index (χ0n) is 23.1. The number of aliphatic hydroxyl groups excluding tert-OH is 1. The number of nitrogens with one attached hydrogen (secondary N) is 2. The number of aliphatic imine (C=N–C) groups is 1. The molecule has 42 heavy (non-hydrogen) atoms. The van der Waals surface area contributed by atoms with Gasteiger partial charge in [-0.25, -0.2) is 13.4 Å². The highest BCUT2D eigenvalue weighted by Gasteiger charge is 2.44. The molecule has 11 nitrogen and oxygen atoms in total. The van der Waals surface area contributed by atoms with Crippen molar-refractivity contribution < 1.29 is 27.8 Å². The summed E-state index contributed by atoms with van der Waals surface area (Å²) in [5.41, 5.74) is -0.0135. The Morgan fingerprint density at radius 3 is 2.50 bits per heavy atom. The van der Waals surface area contributed by atoms with Gasteiger partial charge in [-0.3, -0.25) is 14.4 Å². The van der Waals surface area contributed by atoms with Crippen molar-refractivity contribution in [3.63, 3.8) is 0 Å². The number of rotatable bonds is 8. The first-order chi connectivity index (χ1) is 20.0. The van der Waals surface area contributed by atoms with Gasteiger partial charge in [0.15, 0.2) is 6.19 Å². The number of halogens is 1. The average Bonchev–Trinajstić information content (AvgIpc) is 2.95. The Balaban J connectivity index is 1.80. The topological polar surface area (TPSA) is 153 Å². The van der Waals surface area contributed by atoms with Crippen molar-refractivity contribution >= 4 is 44.9 Å². The van der Waals surface area contributed by atoms with Gasteiger partial charge in [0.1, 0.15) is 30.0 Å². The highest BCUT2D eigenvalue weighted by molar-refractivity contribution is 7.92. The van der Waals surface area contributed by atoms with E-state index >= 15 is 0 Å². The molecule has 3 N–H and O–H groups in total. The maximum atomic E-state index is 14.0. The van der Waals surface area contributed by atoms with Crippen LogP contribution >= 0.6 is 11.6 Å². The molecule has 13 heteroatoms. The second-order valence-corrected chi connectivity index (χ2v) is 12.1. The number of benzene rings is 3. The Morgan fingerprint density at radius 2 is 1.86 bits per heavy atom. The number of para-hydroxylation sites is 1. The van der Waals surface area contributed by atoms with Crippen LogP contribution < -0.4 is 19.7 Å². The Kier molecular flexibility index (Phi) is 9.26. The number of hydrogen-bond acceptors (Lipinski definition) is 8. The van der Waals surface area contributed by atoms with Gasteiger partial charge in [-0.1, -0.05) is 29.8 Å². The van der Waals surface area contributed by atoms with Crippen LogP contribution in [0, 0.1) is 11.5 Å². The van der Waals surface area contributed by atoms with E-state index in [0.717, 1.165) is 4.31 Å². The molecule has 4 rings (SSSR count). The van der Waals surface area contributed by atoms with Gasteiger partial charge >= 0.3 is 5.97 Å². The third-order valence-electron chi connectivity index (χ3n) is 6.44. The summed E-state index contributed by atoms with van der Waals surface area (Å²) in [7, 11) is -4.31. The van der Waals surface area contributed by atoms with Crippen LogP contribution in [0.3, 0.4) is 0 Å². The number of hydrogen-bond donors (Lipinski definition) is 3. The van der Waals surface area contributed by atoms with Crippen LogP contribution in [-0.2, 0) is 19.6 Å². The number of nitriles is 1. The molecule has 0 fully saturated rings. The maximum Gasteiger partial charge on any atom is 0.326 e. The Hall–Kier alpha value is -4.31. The van der Waals surface area contributed by atoms with Gasteiger partial charge in [-0.15, -0.1) is 0 Å². The van der Waals surface area contributed by atoms with Crippen LogP contribution in [0.4, 0.5) is 11.4 Å². The number of sulfonamides is 1. The quantitative estimate of drug-likeness (QED) is 0.112. The zero-order chi connectivity index (χ0) is 30.5. The largest absolute Gasteiger partial charge is 0.485 e. The summed E-state index contributed by atoms with van der Waals surface area (Å²) in [5.74, 6) is -0.405. The molecule has 1 heterocycles. The number of anilines is 2. The summed E-state index contributed by atoms with van der Waals surface area (Å²) < 4.78 is 39.9. The van der Waals surface area contributed by atoms with E-state index in [9.17, 15) is 23.6 Å². The number of guanidine groups is 1. The maximum absolute atomic E-state index is 14.0. The number of fused-ring (bicyclic) bond motifs is 1. The SMILES string of the molecule is CCOC(=O)CN(c1ccccc1)S(=O)(=O)c1ccc2c(c1)[C@@H](N=C(NC#N)Nc1ccc(Cl)cc1)[C@H](O)C(C)(C)O2. The van der Waals surface area contributed by atoms with Gasteiger partial charge in [0.2, 0.25) is 5.96 Å². The molecule has 0 radical (unpaired) electrons. The summed E-state index contributed by atoms with van der Waals surface area (Å²) in [5, 5.41) is 26.7. The Morgan fingerprint density at radius 1 is 1.17 bits per heavy atom. The fraction of sp³-hybridized carbons (Fsp3) is 0.276. The third kappa shape index (κ3) is 6.76. The fourth-order valence-electron chi connectivity index (χ4n) is 4.36. The summed E-state index contributed by atoms with van der Waals surface area (Å²) in [6.07, 6.45) is 0.577. The van der Waals surface area contributed by atoms with Crippen molar-refractivity contribution in [2.24, 2.45) is 4.99 Å². The lowest BCUT2D eigenvalue weighted by atomic mass is 9.87. The summed E-state index contributed by atoms with van der Waals surface area (Å²) in [6.45, 7) is 4.52. The lowest BCUT2D eigenvalue weighted by Gasteiger charge is -2.41. The standard InChI is InChI=1S/C29H30ClN5O6S/c1-4-40-25(36)17-35(21-8-6-5-7-9-21)42(38,39)22-14-15-24-23(16-22)26(27(37)29(2,3)41-24)34-28(32-18-31)33-20-12-10-19(30)11-13-20/h5-16,26-27,37H,4,17H2,1-3H3,(H2,32,33,34)/t26-,27+/m1/s1. The minimum atomic E-state index is -4.31. The molecule has 0 saturated heterocycles. The van der Waals surface area contributed by atoms with Gasteiger partial charge in [0, 0.05) is 16.3 Å². The van der Waals surface area contributed by atoms with Crippen molar-refractivity contribution in [3.8, 4) is 11.9 Å². The fourth-order valence-corrected chi connectivity index (χ4v) is 5.93. The Bertz CT molecular complexity index is 1610. The molecule has 0 bridgehead atoms. The van der Waals surface area contributed by atoms with Gasteiger partial charge < -0.3 is 19.9 Å². The molecule has 0 saturated carbocycles. The van der Waals surface area contributed by atoms with Crippen molar-refractivity contribution in [1.29, 1.82) is 5.26 Å². The van der Waals surface area contributed by atoms with Gasteiger partial charge in [-0.2, -0.15) is 5.26 Å². The predicted molar refractivity (Wildman–Crippen MR) is 159 cm³/mol. The van der Waals surface area contributed by atoms with Crippen LogP contribution in [0.2, 0.25) is 5.02 Å². The van der Waals surface area contributed by atoms with Crippen molar-refractivity contribution in [3.05, 3.63) is 83.4 Å². The van der Waals surface area contributed by atoms with Gasteiger partial charge in [0.25, 0.3) is 10.0 Å². The first-order valence-corrected chi connectivity index (χ1v) is 14.8. The second kappa shape index (κ2) is 12.7. The van der Waals surface area contributed by atoms with E-state index in [2.05, 4.69) is 15.6 Å². The molecule has 220 valence electrons. The highest BCUT2D eigenvalue weighted by atomic mass is 35.5. The number of nitrogens with zero attached hydrogens (tertiary/aromatic N) is 3. The number of aliphatic hydroxyl groups is 1. The molecule has 0 aliphatic carbocycles. The molecule has 0 spiro atoms. The van der Waals surface area contributed by atoms with E-state index in [0.29, 0.717) is 16.5 Å². The van der Waals surface area contributed by atoms with Crippen molar-refractivity contribution in [2.45, 2.75) is 43.4 Å². The van der Waals surface area contributed by atoms with Crippen molar-refractivity contribution in [1.82, 2.24) is 5.32 Å². The van der Waals surface area contributed by atoms with Crippen LogP contribution in [0.1, 0.15) is 32.4 Å². The van der Waals surface area contributed by atoms with Gasteiger partial charge in [0.05, 0.1) is 17.2 Å². The minimum Gasteiger partial charge on any atom is -0.485 e. The monoisotopic (exact) mass is 611 g/mol. The summed E-state index contributed by atoms with van der Waals surface area (Å²) >= 11 is 5.98. The smallest absolute Gasteiger partial charge is 0.326 e. The van der Waals surface area contributed by atoms with E-state index in [1.165, 1.54) is 18.2 Å². The number of ether oxygens (including phenoxy) is 2. The first kappa shape index (κ1) is 30.6. The number of carbonyl (C=O) groups excluding carboxylic acids is 1. The van der Waals surface area contributed by atoms with E-state index in [1.54, 1.807) is 75.4 Å². The third-order valence-corrected chi connectivity index (χ3v) is 8.47. The normalized spacial score (nSPS) is 17.7. The molecule has 1 aliphatic rings. The number of esters is 1. The van der Waals surface area contributed by atoms with Crippen LogP contribution in [-0.4, -0.2) is 50.3 Å². The molecule has 0 aromatic heterocycles. The lowest BCUT2D eigenvalue weighted by molar-refractivity contribution is -0.141. The summed E-state index contributed by atoms with van der Waals surface area (Å²) in [6, 6.07) is 18.0. The van der Waals surface area contributed by atoms with E-state index in [4.69, 9.17) is 21.1 Å². The van der Waals surface area contributed by atoms with E-state index in [1.807, 2.05) is 6.19 Å². The molecule has 1 aliphatic heterocycles.